The van der Waals surface area contributed by atoms with Crippen molar-refractivity contribution in [2.45, 2.75) is 0 Å². The van der Waals surface area contributed by atoms with Gasteiger partial charge in [0, 0.05) is 10.9 Å². The highest BCUT2D eigenvalue weighted by Gasteiger charge is 1.97. The Hall–Kier alpha value is -1.75. The summed E-state index contributed by atoms with van der Waals surface area (Å²) in [5.41, 5.74) is 6.21. The first kappa shape index (κ1) is 8.83. The van der Waals surface area contributed by atoms with Gasteiger partial charge in [0.05, 0.1) is 0 Å². The Morgan fingerprint density at radius 2 is 2.14 bits per heavy atom. The summed E-state index contributed by atoms with van der Waals surface area (Å²) in [6, 6.07) is 9.76. The number of aromatic nitrogens is 1. The van der Waals surface area contributed by atoms with Gasteiger partial charge in [-0.05, 0) is 24.4 Å². The van der Waals surface area contributed by atoms with Crippen molar-refractivity contribution >= 4 is 34.1 Å². The molecule has 1 aromatic carbocycles. The molecule has 0 aliphatic carbocycles. The Balaban J connectivity index is 2.40. The van der Waals surface area contributed by atoms with Crippen molar-refractivity contribution in [1.29, 1.82) is 0 Å². The van der Waals surface area contributed by atoms with Gasteiger partial charge in [0.1, 0.15) is 0 Å². The van der Waals surface area contributed by atoms with Crippen LogP contribution in [0.4, 0.5) is 5.82 Å². The summed E-state index contributed by atoms with van der Waals surface area (Å²) < 4.78 is 0. The molecule has 2 rings (SSSR count). The number of nitrogens with one attached hydrogen (secondary N) is 1. The van der Waals surface area contributed by atoms with E-state index in [1.807, 2.05) is 30.3 Å². The summed E-state index contributed by atoms with van der Waals surface area (Å²) in [6.07, 6.45) is 0. The van der Waals surface area contributed by atoms with Crippen molar-refractivity contribution in [3.05, 3.63) is 30.3 Å². The lowest BCUT2D eigenvalue weighted by molar-refractivity contribution is 1.22. The van der Waals surface area contributed by atoms with E-state index >= 15 is 0 Å². The second-order valence-corrected chi connectivity index (χ2v) is 3.20. The first-order valence-electron chi connectivity index (χ1n) is 4.04. The largest absolute Gasteiger partial charge is 0.373 e. The monoisotopic (exact) mass is 204 g/mol. The van der Waals surface area contributed by atoms with Crippen LogP contribution >= 0.6 is 12.2 Å². The van der Waals surface area contributed by atoms with Gasteiger partial charge in [-0.1, -0.05) is 18.2 Å². The minimum absolute atomic E-state index is 0.0312. The van der Waals surface area contributed by atoms with E-state index in [4.69, 9.17) is 5.73 Å². The molecule has 4 nitrogen and oxygen atoms in total. The van der Waals surface area contributed by atoms with Crippen LogP contribution in [0.1, 0.15) is 0 Å². The molecule has 2 aromatic rings. The lowest BCUT2D eigenvalue weighted by atomic mass is 10.3. The molecule has 1 aromatic heterocycles. The third-order valence-electron chi connectivity index (χ3n) is 1.77. The van der Waals surface area contributed by atoms with Gasteiger partial charge in [0.15, 0.2) is 5.82 Å². The van der Waals surface area contributed by atoms with Crippen LogP contribution < -0.4 is 5.73 Å². The zero-order chi connectivity index (χ0) is 9.97. The maximum absolute atomic E-state index is 5.19. The van der Waals surface area contributed by atoms with E-state index in [-0.39, 0.29) is 5.11 Å². The van der Waals surface area contributed by atoms with Crippen LogP contribution in [0.15, 0.2) is 40.6 Å². The van der Waals surface area contributed by atoms with E-state index in [0.29, 0.717) is 5.82 Å². The number of fused-ring (bicyclic) bond motifs is 1. The van der Waals surface area contributed by atoms with Crippen molar-refractivity contribution in [3.8, 4) is 0 Å². The molecule has 0 aliphatic heterocycles. The van der Waals surface area contributed by atoms with Crippen LogP contribution in [-0.2, 0) is 0 Å². The zero-order valence-corrected chi connectivity index (χ0v) is 8.08. The van der Waals surface area contributed by atoms with Crippen molar-refractivity contribution < 1.29 is 0 Å². The highest BCUT2D eigenvalue weighted by molar-refractivity contribution is 7.80. The molecular formula is C9H8N4S. The number of thiocarbonyl (C=S) groups is 1. The predicted molar refractivity (Wildman–Crippen MR) is 59.6 cm³/mol. The molecule has 0 amide bonds. The van der Waals surface area contributed by atoms with Crippen LogP contribution in [0.25, 0.3) is 10.9 Å². The summed E-state index contributed by atoms with van der Waals surface area (Å²) >= 11 is 4.58. The van der Waals surface area contributed by atoms with Crippen molar-refractivity contribution in [3.63, 3.8) is 0 Å². The van der Waals surface area contributed by atoms with E-state index in [0.717, 1.165) is 10.9 Å². The van der Waals surface area contributed by atoms with E-state index in [1.54, 1.807) is 0 Å². The normalized spacial score (nSPS) is 11.1. The average Bonchev–Trinajstić information content (AvgIpc) is 2.57. The maximum Gasteiger partial charge on any atom is 0.211 e. The summed E-state index contributed by atoms with van der Waals surface area (Å²) in [5, 5.41) is 8.56. The molecule has 0 bridgehead atoms. The molecule has 3 N–H and O–H groups in total. The maximum atomic E-state index is 5.19. The summed E-state index contributed by atoms with van der Waals surface area (Å²) in [5.74, 6) is 0.652. The molecule has 14 heavy (non-hydrogen) atoms. The molecule has 0 atom stereocenters. The Kier molecular flexibility index (Phi) is 2.24. The van der Waals surface area contributed by atoms with Crippen LogP contribution in [0.5, 0.6) is 0 Å². The van der Waals surface area contributed by atoms with Gasteiger partial charge in [0.2, 0.25) is 5.11 Å². The molecule has 0 unspecified atom stereocenters. The SMILES string of the molecule is NC(=S)N=Nc1cc2ccccc2[nH]1. The first-order valence-corrected chi connectivity index (χ1v) is 4.45. The fourth-order valence-electron chi connectivity index (χ4n) is 1.22. The van der Waals surface area contributed by atoms with Crippen molar-refractivity contribution in [1.82, 2.24) is 4.98 Å². The van der Waals surface area contributed by atoms with E-state index < -0.39 is 0 Å². The molecule has 0 saturated carbocycles. The lowest BCUT2D eigenvalue weighted by Crippen LogP contribution is -2.01. The minimum Gasteiger partial charge on any atom is -0.373 e. The van der Waals surface area contributed by atoms with Gasteiger partial charge in [-0.25, -0.2) is 0 Å². The van der Waals surface area contributed by atoms with Crippen LogP contribution in [0.2, 0.25) is 0 Å². The van der Waals surface area contributed by atoms with Crippen LogP contribution in [0, 0.1) is 0 Å². The molecular weight excluding hydrogens is 196 g/mol. The third-order valence-corrected chi connectivity index (χ3v) is 1.85. The number of para-hydroxylation sites is 1. The molecule has 0 radical (unpaired) electrons. The number of benzene rings is 1. The molecule has 0 saturated heterocycles. The minimum atomic E-state index is 0.0312. The molecule has 5 heteroatoms. The van der Waals surface area contributed by atoms with Crippen molar-refractivity contribution in [2.75, 3.05) is 0 Å². The Morgan fingerprint density at radius 1 is 1.36 bits per heavy atom. The highest BCUT2D eigenvalue weighted by Crippen LogP contribution is 2.20. The molecule has 0 spiro atoms. The fraction of sp³-hybridized carbons (Fsp3) is 0. The number of azo groups is 1. The van der Waals surface area contributed by atoms with Gasteiger partial charge >= 0.3 is 0 Å². The van der Waals surface area contributed by atoms with Gasteiger partial charge in [-0.2, -0.15) is 0 Å². The summed E-state index contributed by atoms with van der Waals surface area (Å²) in [4.78, 5) is 3.08. The molecule has 0 fully saturated rings. The van der Waals surface area contributed by atoms with Crippen LogP contribution in [-0.4, -0.2) is 10.1 Å². The Labute approximate surface area is 85.8 Å². The van der Waals surface area contributed by atoms with E-state index in [2.05, 4.69) is 27.4 Å². The van der Waals surface area contributed by atoms with Gasteiger partial charge < -0.3 is 10.7 Å². The van der Waals surface area contributed by atoms with Crippen LogP contribution in [0.3, 0.4) is 0 Å². The standard InChI is InChI=1S/C9H8N4S/c10-9(14)13-12-8-5-6-3-1-2-4-7(6)11-8/h1-5,11H,(H2,10,14). The molecule has 1 heterocycles. The number of aromatic amines is 1. The number of hydrogen-bond acceptors (Lipinski definition) is 2. The average molecular weight is 204 g/mol. The fourth-order valence-corrected chi connectivity index (χ4v) is 1.26. The lowest BCUT2D eigenvalue weighted by Gasteiger charge is -1.84. The number of rotatable bonds is 1. The smallest absolute Gasteiger partial charge is 0.211 e. The second-order valence-electron chi connectivity index (χ2n) is 2.78. The Bertz CT molecular complexity index is 467. The van der Waals surface area contributed by atoms with E-state index in [1.165, 1.54) is 0 Å². The first-order chi connectivity index (χ1) is 6.75. The summed E-state index contributed by atoms with van der Waals surface area (Å²) in [7, 11) is 0. The number of H-pyrrole nitrogens is 1. The Morgan fingerprint density at radius 3 is 2.86 bits per heavy atom. The number of hydrogen-bond donors (Lipinski definition) is 2. The van der Waals surface area contributed by atoms with Crippen molar-refractivity contribution in [2.24, 2.45) is 16.0 Å². The number of nitrogens with zero attached hydrogens (tertiary/aromatic N) is 2. The quantitative estimate of drug-likeness (QED) is 0.553. The third kappa shape index (κ3) is 1.77. The highest BCUT2D eigenvalue weighted by atomic mass is 32.1. The van der Waals surface area contributed by atoms with E-state index in [9.17, 15) is 0 Å². The topological polar surface area (TPSA) is 66.5 Å². The number of nitrogens with two attached hydrogens (primary N) is 1. The molecule has 0 aliphatic rings. The van der Waals surface area contributed by atoms with Gasteiger partial charge in [-0.15, -0.1) is 10.2 Å². The van der Waals surface area contributed by atoms with Gasteiger partial charge in [0.25, 0.3) is 0 Å². The summed E-state index contributed by atoms with van der Waals surface area (Å²) in [6.45, 7) is 0. The predicted octanol–water partition coefficient (Wildman–Crippen LogP) is 2.50. The zero-order valence-electron chi connectivity index (χ0n) is 7.27. The second kappa shape index (κ2) is 3.55. The molecule has 70 valence electrons. The van der Waals surface area contributed by atoms with Gasteiger partial charge in [-0.3, -0.25) is 0 Å².